The second-order valence-corrected chi connectivity index (χ2v) is 8.11. The fraction of sp³-hybridized carbons (Fsp3) is 0.500. The van der Waals surface area contributed by atoms with Crippen LogP contribution in [0.2, 0.25) is 0 Å². The molecule has 0 N–H and O–H groups in total. The van der Waals surface area contributed by atoms with Crippen LogP contribution in [0.15, 0.2) is 29.2 Å². The van der Waals surface area contributed by atoms with Gasteiger partial charge < -0.3 is 0 Å². The lowest BCUT2D eigenvalue weighted by atomic mass is 10.3. The van der Waals surface area contributed by atoms with E-state index in [1.165, 1.54) is 22.5 Å². The van der Waals surface area contributed by atoms with Crippen LogP contribution in [-0.2, 0) is 10.0 Å². The second kappa shape index (κ2) is 6.11. The average molecular weight is 316 g/mol. The third-order valence-electron chi connectivity index (χ3n) is 3.19. The van der Waals surface area contributed by atoms with Crippen LogP contribution in [0.4, 0.5) is 5.69 Å². The van der Waals surface area contributed by atoms with E-state index in [2.05, 4.69) is 6.92 Å². The molecule has 1 aromatic carbocycles. The minimum absolute atomic E-state index is 0.00810. The topological polar surface area (TPSA) is 80.5 Å². The van der Waals surface area contributed by atoms with Crippen LogP contribution >= 0.6 is 11.8 Å². The molecule has 1 saturated heterocycles. The van der Waals surface area contributed by atoms with Crippen molar-refractivity contribution in [3.05, 3.63) is 34.4 Å². The van der Waals surface area contributed by atoms with E-state index in [0.717, 1.165) is 18.2 Å². The first-order valence-electron chi connectivity index (χ1n) is 6.27. The van der Waals surface area contributed by atoms with Crippen molar-refractivity contribution in [3.63, 3.8) is 0 Å². The van der Waals surface area contributed by atoms with Gasteiger partial charge in [-0.2, -0.15) is 16.1 Å². The molecule has 0 aromatic heterocycles. The first kappa shape index (κ1) is 15.3. The first-order valence-corrected chi connectivity index (χ1v) is 8.76. The van der Waals surface area contributed by atoms with E-state index in [1.54, 1.807) is 11.8 Å². The lowest BCUT2D eigenvalue weighted by Crippen LogP contribution is -2.33. The lowest BCUT2D eigenvalue weighted by Gasteiger charge is -2.19. The summed E-state index contributed by atoms with van der Waals surface area (Å²) in [5.74, 6) is 0.745. The van der Waals surface area contributed by atoms with Gasteiger partial charge in [0.15, 0.2) is 0 Å². The van der Waals surface area contributed by atoms with Crippen molar-refractivity contribution < 1.29 is 13.3 Å². The van der Waals surface area contributed by atoms with E-state index in [0.29, 0.717) is 18.3 Å². The number of thioether (sulfide) groups is 1. The summed E-state index contributed by atoms with van der Waals surface area (Å²) in [6.45, 7) is 2.98. The summed E-state index contributed by atoms with van der Waals surface area (Å²) in [5.41, 5.74) is -0.205. The molecule has 1 heterocycles. The smallest absolute Gasteiger partial charge is 0.258 e. The van der Waals surface area contributed by atoms with Gasteiger partial charge in [-0.25, -0.2) is 8.42 Å². The molecular weight excluding hydrogens is 300 g/mol. The van der Waals surface area contributed by atoms with Crippen LogP contribution in [0.1, 0.15) is 13.3 Å². The van der Waals surface area contributed by atoms with Gasteiger partial charge in [-0.05, 0) is 12.5 Å². The van der Waals surface area contributed by atoms with Crippen LogP contribution in [0, 0.1) is 10.1 Å². The molecule has 1 unspecified atom stereocenters. The molecule has 1 aliphatic heterocycles. The second-order valence-electron chi connectivity index (χ2n) is 4.63. The number of sulfonamides is 1. The Hall–Kier alpha value is -1.12. The number of benzene rings is 1. The molecule has 0 aliphatic carbocycles. The van der Waals surface area contributed by atoms with E-state index in [4.69, 9.17) is 0 Å². The molecule has 0 spiro atoms. The van der Waals surface area contributed by atoms with E-state index in [-0.39, 0.29) is 10.6 Å². The van der Waals surface area contributed by atoms with Gasteiger partial charge in [0.05, 0.1) is 9.82 Å². The Morgan fingerprint density at radius 3 is 2.85 bits per heavy atom. The van der Waals surface area contributed by atoms with Crippen molar-refractivity contribution in [2.75, 3.05) is 18.8 Å². The third kappa shape index (κ3) is 3.31. The highest BCUT2D eigenvalue weighted by Gasteiger charge is 2.27. The number of rotatable bonds is 3. The number of nitrogens with zero attached hydrogens (tertiary/aromatic N) is 2. The Balaban J connectivity index is 2.29. The van der Waals surface area contributed by atoms with E-state index >= 15 is 0 Å². The number of hydrogen-bond donors (Lipinski definition) is 0. The van der Waals surface area contributed by atoms with Crippen LogP contribution in [0.5, 0.6) is 0 Å². The van der Waals surface area contributed by atoms with Crippen molar-refractivity contribution in [3.8, 4) is 0 Å². The summed E-state index contributed by atoms with van der Waals surface area (Å²) in [7, 11) is -3.65. The zero-order chi connectivity index (χ0) is 14.8. The van der Waals surface area contributed by atoms with Crippen LogP contribution in [0.3, 0.4) is 0 Å². The zero-order valence-electron chi connectivity index (χ0n) is 11.1. The monoisotopic (exact) mass is 316 g/mol. The number of nitro benzene ring substituents is 1. The molecule has 1 atom stereocenters. The van der Waals surface area contributed by atoms with Crippen LogP contribution < -0.4 is 0 Å². The van der Waals surface area contributed by atoms with Crippen molar-refractivity contribution >= 4 is 27.5 Å². The van der Waals surface area contributed by atoms with Gasteiger partial charge in [-0.1, -0.05) is 13.0 Å². The SMILES string of the molecule is CC1CCN(S(=O)(=O)c2cccc([N+](=O)[O-])c2)CCS1. The molecule has 0 radical (unpaired) electrons. The number of non-ortho nitro benzene ring substituents is 1. The summed E-state index contributed by atoms with van der Waals surface area (Å²) >= 11 is 1.75. The maximum atomic E-state index is 12.5. The largest absolute Gasteiger partial charge is 0.270 e. The van der Waals surface area contributed by atoms with Gasteiger partial charge in [0.1, 0.15) is 0 Å². The third-order valence-corrected chi connectivity index (χ3v) is 6.31. The molecule has 0 bridgehead atoms. The Morgan fingerprint density at radius 1 is 1.40 bits per heavy atom. The van der Waals surface area contributed by atoms with Crippen LogP contribution in [0.25, 0.3) is 0 Å². The minimum atomic E-state index is -3.65. The predicted octanol–water partition coefficient (Wildman–Crippen LogP) is 2.11. The fourth-order valence-corrected chi connectivity index (χ4v) is 4.64. The number of nitro groups is 1. The molecule has 8 heteroatoms. The van der Waals surface area contributed by atoms with Gasteiger partial charge in [-0.3, -0.25) is 10.1 Å². The molecule has 1 aliphatic rings. The fourth-order valence-electron chi connectivity index (χ4n) is 2.02. The maximum Gasteiger partial charge on any atom is 0.270 e. The summed E-state index contributed by atoms with van der Waals surface area (Å²) in [6, 6.07) is 5.22. The Labute approximate surface area is 122 Å². The first-order chi connectivity index (χ1) is 9.41. The van der Waals surface area contributed by atoms with E-state index in [1.807, 2.05) is 0 Å². The van der Waals surface area contributed by atoms with Gasteiger partial charge in [0.25, 0.3) is 5.69 Å². The highest BCUT2D eigenvalue weighted by molar-refractivity contribution is 8.00. The predicted molar refractivity (Wildman–Crippen MR) is 78.4 cm³/mol. The molecular formula is C12H16N2O4S2. The van der Waals surface area contributed by atoms with Gasteiger partial charge in [-0.15, -0.1) is 0 Å². The Morgan fingerprint density at radius 2 is 2.15 bits per heavy atom. The standard InChI is InChI=1S/C12H16N2O4S2/c1-10-5-6-13(7-8-19-10)20(17,18)12-4-2-3-11(9-12)14(15)16/h2-4,9-10H,5-8H2,1H3. The van der Waals surface area contributed by atoms with Crippen molar-refractivity contribution in [2.24, 2.45) is 0 Å². The quantitative estimate of drug-likeness (QED) is 0.630. The highest BCUT2D eigenvalue weighted by atomic mass is 32.2. The van der Waals surface area contributed by atoms with Crippen molar-refractivity contribution in [1.29, 1.82) is 0 Å². The molecule has 0 amide bonds. The van der Waals surface area contributed by atoms with Gasteiger partial charge in [0.2, 0.25) is 10.0 Å². The molecule has 1 aromatic rings. The van der Waals surface area contributed by atoms with Gasteiger partial charge in [0, 0.05) is 36.2 Å². The minimum Gasteiger partial charge on any atom is -0.258 e. The number of hydrogen-bond acceptors (Lipinski definition) is 5. The Bertz CT molecular complexity index is 603. The zero-order valence-corrected chi connectivity index (χ0v) is 12.7. The summed E-state index contributed by atoms with van der Waals surface area (Å²) in [5, 5.41) is 11.2. The van der Waals surface area contributed by atoms with Crippen LogP contribution in [-0.4, -0.2) is 41.7 Å². The van der Waals surface area contributed by atoms with E-state index in [9.17, 15) is 18.5 Å². The molecule has 110 valence electrons. The molecule has 0 saturated carbocycles. The lowest BCUT2D eigenvalue weighted by molar-refractivity contribution is -0.385. The van der Waals surface area contributed by atoms with Gasteiger partial charge >= 0.3 is 0 Å². The molecule has 6 nitrogen and oxygen atoms in total. The highest BCUT2D eigenvalue weighted by Crippen LogP contribution is 2.25. The van der Waals surface area contributed by atoms with E-state index < -0.39 is 14.9 Å². The maximum absolute atomic E-state index is 12.5. The normalized spacial score (nSPS) is 21.4. The van der Waals surface area contributed by atoms with Crippen molar-refractivity contribution in [2.45, 2.75) is 23.5 Å². The average Bonchev–Trinajstić information content (AvgIpc) is 2.64. The summed E-state index contributed by atoms with van der Waals surface area (Å²) in [6.07, 6.45) is 0.790. The molecule has 20 heavy (non-hydrogen) atoms. The Kier molecular flexibility index (Phi) is 4.66. The molecule has 2 rings (SSSR count). The summed E-state index contributed by atoms with van der Waals surface area (Å²) in [4.78, 5) is 10.2. The molecule has 1 fully saturated rings. The summed E-state index contributed by atoms with van der Waals surface area (Å²) < 4.78 is 26.5. The van der Waals surface area contributed by atoms with Crippen molar-refractivity contribution in [1.82, 2.24) is 4.31 Å².